The van der Waals surface area contributed by atoms with Gasteiger partial charge in [0.2, 0.25) is 10.0 Å². The van der Waals surface area contributed by atoms with Crippen molar-refractivity contribution in [3.8, 4) is 11.5 Å². The Kier molecular flexibility index (Phi) is 5.43. The number of sulfonamides is 1. The van der Waals surface area contributed by atoms with Crippen molar-refractivity contribution < 1.29 is 17.9 Å². The van der Waals surface area contributed by atoms with Crippen LogP contribution in [0, 0.1) is 0 Å². The summed E-state index contributed by atoms with van der Waals surface area (Å²) in [5.41, 5.74) is 0. The summed E-state index contributed by atoms with van der Waals surface area (Å²) in [6, 6.07) is 4.62. The molecule has 102 valence electrons. The zero-order valence-corrected chi connectivity index (χ0v) is 11.7. The minimum atomic E-state index is -3.53. The van der Waals surface area contributed by atoms with Crippen molar-refractivity contribution in [1.82, 2.24) is 4.72 Å². The molecule has 0 heterocycles. The first-order chi connectivity index (χ1) is 8.55. The van der Waals surface area contributed by atoms with Gasteiger partial charge in [-0.1, -0.05) is 13.3 Å². The molecule has 0 atom stereocenters. The molecule has 18 heavy (non-hydrogen) atoms. The van der Waals surface area contributed by atoms with Crippen LogP contribution in [-0.4, -0.2) is 29.2 Å². The van der Waals surface area contributed by atoms with Gasteiger partial charge in [0, 0.05) is 12.6 Å². The lowest BCUT2D eigenvalue weighted by Gasteiger charge is -2.11. The number of hydrogen-bond acceptors (Lipinski definition) is 4. The molecule has 0 bridgehead atoms. The smallest absolute Gasteiger partial charge is 0.244 e. The minimum absolute atomic E-state index is 0.127. The van der Waals surface area contributed by atoms with E-state index in [2.05, 4.69) is 4.72 Å². The van der Waals surface area contributed by atoms with Gasteiger partial charge < -0.3 is 9.47 Å². The first-order valence-corrected chi connectivity index (χ1v) is 7.25. The van der Waals surface area contributed by atoms with Gasteiger partial charge in [0.05, 0.1) is 14.2 Å². The van der Waals surface area contributed by atoms with Gasteiger partial charge in [-0.05, 0) is 18.6 Å². The van der Waals surface area contributed by atoms with Crippen molar-refractivity contribution in [3.05, 3.63) is 18.2 Å². The molecule has 0 saturated carbocycles. The Hall–Kier alpha value is -1.27. The lowest BCUT2D eigenvalue weighted by molar-refractivity contribution is 0.386. The second-order valence-corrected chi connectivity index (χ2v) is 5.50. The van der Waals surface area contributed by atoms with Crippen molar-refractivity contribution in [2.45, 2.75) is 24.7 Å². The number of hydrogen-bond donors (Lipinski definition) is 1. The molecule has 0 aliphatic carbocycles. The van der Waals surface area contributed by atoms with Crippen LogP contribution in [0.3, 0.4) is 0 Å². The highest BCUT2D eigenvalue weighted by Crippen LogP contribution is 2.28. The van der Waals surface area contributed by atoms with Gasteiger partial charge in [0.15, 0.2) is 0 Å². The maximum absolute atomic E-state index is 12.1. The van der Waals surface area contributed by atoms with Crippen LogP contribution < -0.4 is 14.2 Å². The maximum atomic E-state index is 12.1. The van der Waals surface area contributed by atoms with Crippen LogP contribution in [0.4, 0.5) is 0 Å². The molecular formula is C12H19NO4S. The molecule has 1 aromatic rings. The predicted molar refractivity (Wildman–Crippen MR) is 69.6 cm³/mol. The first kappa shape index (κ1) is 14.8. The van der Waals surface area contributed by atoms with Crippen LogP contribution in [0.15, 0.2) is 23.1 Å². The van der Waals surface area contributed by atoms with E-state index in [-0.39, 0.29) is 10.6 Å². The summed E-state index contributed by atoms with van der Waals surface area (Å²) < 4.78 is 36.8. The molecule has 1 aromatic carbocycles. The fourth-order valence-electron chi connectivity index (χ4n) is 1.46. The molecule has 0 unspecified atom stereocenters. The van der Waals surface area contributed by atoms with E-state index >= 15 is 0 Å². The van der Waals surface area contributed by atoms with Crippen LogP contribution in [0.2, 0.25) is 0 Å². The summed E-state index contributed by atoms with van der Waals surface area (Å²) in [6.45, 7) is 2.43. The van der Waals surface area contributed by atoms with Crippen molar-refractivity contribution in [3.63, 3.8) is 0 Å². The molecule has 0 aromatic heterocycles. The molecule has 0 aliphatic heterocycles. The number of unbranched alkanes of at least 4 members (excludes halogenated alkanes) is 1. The number of methoxy groups -OCH3 is 2. The summed E-state index contributed by atoms with van der Waals surface area (Å²) in [7, 11) is -0.584. The standard InChI is InChI=1S/C12H19NO4S/c1-4-5-8-13-18(14,15)12-7-6-10(16-2)9-11(12)17-3/h6-7,9,13H,4-5,8H2,1-3H3. The Balaban J connectivity index is 3.00. The van der Waals surface area contributed by atoms with Crippen molar-refractivity contribution in [2.75, 3.05) is 20.8 Å². The molecule has 0 spiro atoms. The van der Waals surface area contributed by atoms with E-state index < -0.39 is 10.0 Å². The quantitative estimate of drug-likeness (QED) is 0.769. The Morgan fingerprint density at radius 3 is 2.50 bits per heavy atom. The van der Waals surface area contributed by atoms with Crippen molar-refractivity contribution in [2.24, 2.45) is 0 Å². The van der Waals surface area contributed by atoms with E-state index in [1.54, 1.807) is 12.1 Å². The van der Waals surface area contributed by atoms with Gasteiger partial charge in [-0.2, -0.15) is 0 Å². The topological polar surface area (TPSA) is 64.6 Å². The van der Waals surface area contributed by atoms with Gasteiger partial charge in [0.1, 0.15) is 16.4 Å². The van der Waals surface area contributed by atoms with E-state index in [0.717, 1.165) is 12.8 Å². The summed E-state index contributed by atoms with van der Waals surface area (Å²) in [6.07, 6.45) is 1.74. The number of benzene rings is 1. The minimum Gasteiger partial charge on any atom is -0.497 e. The fourth-order valence-corrected chi connectivity index (χ4v) is 2.68. The SMILES string of the molecule is CCCCNS(=O)(=O)c1ccc(OC)cc1OC. The third-order valence-corrected chi connectivity index (χ3v) is 3.98. The van der Waals surface area contributed by atoms with Crippen LogP contribution in [-0.2, 0) is 10.0 Å². The second-order valence-electron chi connectivity index (χ2n) is 3.77. The highest BCUT2D eigenvalue weighted by molar-refractivity contribution is 7.89. The van der Waals surface area contributed by atoms with Crippen LogP contribution in [0.25, 0.3) is 0 Å². The summed E-state index contributed by atoms with van der Waals surface area (Å²) in [5, 5.41) is 0. The highest BCUT2D eigenvalue weighted by atomic mass is 32.2. The third kappa shape index (κ3) is 3.61. The summed E-state index contributed by atoms with van der Waals surface area (Å²) in [4.78, 5) is 0.127. The first-order valence-electron chi connectivity index (χ1n) is 5.77. The zero-order chi connectivity index (χ0) is 13.6. The third-order valence-electron chi connectivity index (χ3n) is 2.48. The lowest BCUT2D eigenvalue weighted by atomic mass is 10.3. The fraction of sp³-hybridized carbons (Fsp3) is 0.500. The van der Waals surface area contributed by atoms with Crippen LogP contribution >= 0.6 is 0 Å². The highest BCUT2D eigenvalue weighted by Gasteiger charge is 2.19. The average molecular weight is 273 g/mol. The maximum Gasteiger partial charge on any atom is 0.244 e. The molecule has 0 aliphatic rings. The van der Waals surface area contributed by atoms with Gasteiger partial charge in [0.25, 0.3) is 0 Å². The normalized spacial score (nSPS) is 11.3. The second kappa shape index (κ2) is 6.61. The monoisotopic (exact) mass is 273 g/mol. The number of rotatable bonds is 7. The number of nitrogens with one attached hydrogen (secondary N) is 1. The summed E-state index contributed by atoms with van der Waals surface area (Å²) >= 11 is 0. The average Bonchev–Trinajstić information content (AvgIpc) is 2.38. The van der Waals surface area contributed by atoms with E-state index in [1.807, 2.05) is 6.92 Å². The molecule has 0 fully saturated rings. The van der Waals surface area contributed by atoms with Crippen molar-refractivity contribution >= 4 is 10.0 Å². The zero-order valence-electron chi connectivity index (χ0n) is 10.9. The molecule has 0 amide bonds. The molecule has 1 N–H and O–H groups in total. The Labute approximate surface area is 108 Å². The van der Waals surface area contributed by atoms with E-state index in [4.69, 9.17) is 9.47 Å². The van der Waals surface area contributed by atoms with E-state index in [0.29, 0.717) is 12.3 Å². The molecule has 0 radical (unpaired) electrons. The molecule has 6 heteroatoms. The van der Waals surface area contributed by atoms with Crippen LogP contribution in [0.1, 0.15) is 19.8 Å². The van der Waals surface area contributed by atoms with Gasteiger partial charge in [-0.15, -0.1) is 0 Å². The van der Waals surface area contributed by atoms with Gasteiger partial charge in [-0.25, -0.2) is 13.1 Å². The predicted octanol–water partition coefficient (Wildman–Crippen LogP) is 1.78. The largest absolute Gasteiger partial charge is 0.497 e. The van der Waals surface area contributed by atoms with Gasteiger partial charge >= 0.3 is 0 Å². The number of ether oxygens (including phenoxy) is 2. The molecular weight excluding hydrogens is 254 g/mol. The Morgan fingerprint density at radius 2 is 1.94 bits per heavy atom. The molecule has 1 rings (SSSR count). The molecule has 5 nitrogen and oxygen atoms in total. The van der Waals surface area contributed by atoms with E-state index in [1.165, 1.54) is 20.3 Å². The van der Waals surface area contributed by atoms with Crippen LogP contribution in [0.5, 0.6) is 11.5 Å². The van der Waals surface area contributed by atoms with Gasteiger partial charge in [-0.3, -0.25) is 0 Å². The Morgan fingerprint density at radius 1 is 1.22 bits per heavy atom. The lowest BCUT2D eigenvalue weighted by Crippen LogP contribution is -2.25. The van der Waals surface area contributed by atoms with E-state index in [9.17, 15) is 8.42 Å². The van der Waals surface area contributed by atoms with Crippen molar-refractivity contribution in [1.29, 1.82) is 0 Å². The molecule has 0 saturated heterocycles. The summed E-state index contributed by atoms with van der Waals surface area (Å²) in [5.74, 6) is 0.831. The Bertz CT molecular complexity index is 485.